The molecule has 2 rings (SSSR count). The zero-order chi connectivity index (χ0) is 13.5. The third kappa shape index (κ3) is 3.91. The van der Waals surface area contributed by atoms with Gasteiger partial charge in [-0.25, -0.2) is 4.98 Å². The molecule has 0 aliphatic rings. The van der Waals surface area contributed by atoms with Gasteiger partial charge in [-0.1, -0.05) is 30.3 Å². The second-order valence-electron chi connectivity index (χ2n) is 4.72. The molecule has 1 aromatic carbocycles. The van der Waals surface area contributed by atoms with Crippen molar-refractivity contribution < 1.29 is 5.11 Å². The molecule has 1 atom stereocenters. The molecule has 4 nitrogen and oxygen atoms in total. The minimum absolute atomic E-state index is 0.203. The molecule has 0 amide bonds. The van der Waals surface area contributed by atoms with Crippen LogP contribution in [0.4, 0.5) is 0 Å². The van der Waals surface area contributed by atoms with E-state index in [1.54, 1.807) is 6.20 Å². The number of rotatable bonds is 7. The van der Waals surface area contributed by atoms with Crippen LogP contribution in [0, 0.1) is 0 Å². The summed E-state index contributed by atoms with van der Waals surface area (Å²) in [7, 11) is 2.10. The van der Waals surface area contributed by atoms with Crippen LogP contribution in [0.5, 0.6) is 0 Å². The van der Waals surface area contributed by atoms with Gasteiger partial charge in [0.2, 0.25) is 0 Å². The average Bonchev–Trinajstić information content (AvgIpc) is 2.96. The summed E-state index contributed by atoms with van der Waals surface area (Å²) in [6.45, 7) is 2.04. The molecule has 0 spiro atoms. The lowest BCUT2D eigenvalue weighted by atomic mass is 10.0. The van der Waals surface area contributed by atoms with Crippen LogP contribution in [0.2, 0.25) is 0 Å². The lowest BCUT2D eigenvalue weighted by Gasteiger charge is -2.28. The summed E-state index contributed by atoms with van der Waals surface area (Å²) < 4.78 is 2.07. The number of imidazole rings is 1. The van der Waals surface area contributed by atoms with Crippen molar-refractivity contribution in [1.82, 2.24) is 14.5 Å². The third-order valence-electron chi connectivity index (χ3n) is 3.39. The van der Waals surface area contributed by atoms with E-state index in [-0.39, 0.29) is 12.6 Å². The number of aliphatic hydroxyl groups is 1. The summed E-state index contributed by atoms with van der Waals surface area (Å²) in [4.78, 5) is 6.33. The summed E-state index contributed by atoms with van der Waals surface area (Å²) >= 11 is 0. The Hall–Kier alpha value is -1.65. The van der Waals surface area contributed by atoms with E-state index in [1.807, 2.05) is 30.7 Å². The number of nitrogens with zero attached hydrogens (tertiary/aromatic N) is 3. The fourth-order valence-electron chi connectivity index (χ4n) is 2.29. The predicted molar refractivity (Wildman–Crippen MR) is 75.7 cm³/mol. The monoisotopic (exact) mass is 259 g/mol. The molecule has 4 heteroatoms. The Labute approximate surface area is 114 Å². The van der Waals surface area contributed by atoms with Crippen LogP contribution < -0.4 is 0 Å². The maximum Gasteiger partial charge on any atom is 0.0946 e. The molecule has 1 unspecified atom stereocenters. The van der Waals surface area contributed by atoms with E-state index in [4.69, 9.17) is 0 Å². The SMILES string of the molecule is CN(CCn1ccnc1)C(CCO)c1ccccc1. The summed E-state index contributed by atoms with van der Waals surface area (Å²) in [6, 6.07) is 10.6. The quantitative estimate of drug-likeness (QED) is 0.826. The van der Waals surface area contributed by atoms with Crippen molar-refractivity contribution in [3.63, 3.8) is 0 Å². The van der Waals surface area contributed by atoms with Crippen LogP contribution in [0.1, 0.15) is 18.0 Å². The first-order chi connectivity index (χ1) is 9.31. The van der Waals surface area contributed by atoms with E-state index >= 15 is 0 Å². The van der Waals surface area contributed by atoms with E-state index in [0.29, 0.717) is 0 Å². The lowest BCUT2D eigenvalue weighted by Crippen LogP contribution is -2.28. The molecular formula is C15H21N3O. The first kappa shape index (κ1) is 13.8. The molecular weight excluding hydrogens is 238 g/mol. The molecule has 0 bridgehead atoms. The van der Waals surface area contributed by atoms with Crippen molar-refractivity contribution in [3.8, 4) is 0 Å². The maximum atomic E-state index is 9.26. The van der Waals surface area contributed by atoms with Gasteiger partial charge >= 0.3 is 0 Å². The molecule has 0 saturated heterocycles. The second-order valence-corrected chi connectivity index (χ2v) is 4.72. The Balaban J connectivity index is 1.98. The van der Waals surface area contributed by atoms with E-state index in [0.717, 1.165) is 19.5 Å². The molecule has 1 aromatic heterocycles. The first-order valence-corrected chi connectivity index (χ1v) is 6.63. The van der Waals surface area contributed by atoms with Gasteiger partial charge in [-0.2, -0.15) is 0 Å². The Kier molecular flexibility index (Phi) is 5.12. The van der Waals surface area contributed by atoms with Crippen molar-refractivity contribution in [2.75, 3.05) is 20.2 Å². The van der Waals surface area contributed by atoms with E-state index in [9.17, 15) is 5.11 Å². The molecule has 0 aliphatic heterocycles. The zero-order valence-electron chi connectivity index (χ0n) is 11.3. The Morgan fingerprint density at radius 2 is 2.11 bits per heavy atom. The minimum atomic E-state index is 0.203. The number of benzene rings is 1. The summed E-state index contributed by atoms with van der Waals surface area (Å²) in [6.07, 6.45) is 6.35. The van der Waals surface area contributed by atoms with Crippen LogP contribution in [0.25, 0.3) is 0 Å². The van der Waals surface area contributed by atoms with Crippen LogP contribution in [-0.4, -0.2) is 39.8 Å². The van der Waals surface area contributed by atoms with Crippen LogP contribution in [-0.2, 0) is 6.54 Å². The average molecular weight is 259 g/mol. The molecule has 102 valence electrons. The third-order valence-corrected chi connectivity index (χ3v) is 3.39. The van der Waals surface area contributed by atoms with Gasteiger partial charge in [0.1, 0.15) is 0 Å². The van der Waals surface area contributed by atoms with Crippen molar-refractivity contribution in [2.24, 2.45) is 0 Å². The van der Waals surface area contributed by atoms with Gasteiger partial charge in [-0.05, 0) is 19.0 Å². The predicted octanol–water partition coefficient (Wildman–Crippen LogP) is 1.94. The van der Waals surface area contributed by atoms with Crippen LogP contribution in [0.3, 0.4) is 0 Å². The molecule has 0 radical (unpaired) electrons. The van der Waals surface area contributed by atoms with Crippen LogP contribution in [0.15, 0.2) is 49.1 Å². The van der Waals surface area contributed by atoms with E-state index in [1.165, 1.54) is 5.56 Å². The van der Waals surface area contributed by atoms with Crippen molar-refractivity contribution in [2.45, 2.75) is 19.0 Å². The minimum Gasteiger partial charge on any atom is -0.396 e. The molecule has 0 fully saturated rings. The topological polar surface area (TPSA) is 41.3 Å². The fourth-order valence-corrected chi connectivity index (χ4v) is 2.29. The highest BCUT2D eigenvalue weighted by atomic mass is 16.3. The van der Waals surface area contributed by atoms with Gasteiger partial charge in [0.15, 0.2) is 0 Å². The summed E-state index contributed by atoms with van der Waals surface area (Å²) in [5.74, 6) is 0. The number of hydrogen-bond acceptors (Lipinski definition) is 3. The van der Waals surface area contributed by atoms with Crippen molar-refractivity contribution >= 4 is 0 Å². The molecule has 1 N–H and O–H groups in total. The van der Waals surface area contributed by atoms with Crippen molar-refractivity contribution in [1.29, 1.82) is 0 Å². The van der Waals surface area contributed by atoms with Gasteiger partial charge in [-0.3, -0.25) is 4.90 Å². The van der Waals surface area contributed by atoms with Crippen LogP contribution >= 0.6 is 0 Å². The summed E-state index contributed by atoms with van der Waals surface area (Å²) in [5, 5.41) is 9.26. The largest absolute Gasteiger partial charge is 0.396 e. The first-order valence-electron chi connectivity index (χ1n) is 6.63. The standard InChI is InChI=1S/C15H21N3O/c1-17(10-11-18-9-8-16-13-18)15(7-12-19)14-5-3-2-4-6-14/h2-6,8-9,13,15,19H,7,10-12H2,1H3. The number of aromatic nitrogens is 2. The highest BCUT2D eigenvalue weighted by Crippen LogP contribution is 2.22. The highest BCUT2D eigenvalue weighted by Gasteiger charge is 2.15. The van der Waals surface area contributed by atoms with E-state index < -0.39 is 0 Å². The van der Waals surface area contributed by atoms with Gasteiger partial charge in [0, 0.05) is 38.1 Å². The second kappa shape index (κ2) is 7.07. The van der Waals surface area contributed by atoms with Gasteiger partial charge in [0.05, 0.1) is 6.33 Å². The van der Waals surface area contributed by atoms with E-state index in [2.05, 4.69) is 33.6 Å². The fraction of sp³-hybridized carbons (Fsp3) is 0.400. The molecule has 19 heavy (non-hydrogen) atoms. The number of likely N-dealkylation sites (N-methyl/N-ethyl adjacent to an activating group) is 1. The molecule has 0 aliphatic carbocycles. The molecule has 2 aromatic rings. The Bertz CT molecular complexity index is 456. The van der Waals surface area contributed by atoms with Gasteiger partial charge in [-0.15, -0.1) is 0 Å². The summed E-state index contributed by atoms with van der Waals surface area (Å²) in [5.41, 5.74) is 1.25. The van der Waals surface area contributed by atoms with Gasteiger partial charge in [0.25, 0.3) is 0 Å². The lowest BCUT2D eigenvalue weighted by molar-refractivity contribution is 0.181. The zero-order valence-corrected chi connectivity index (χ0v) is 11.3. The normalized spacial score (nSPS) is 12.8. The molecule has 0 saturated carbocycles. The Morgan fingerprint density at radius 3 is 2.74 bits per heavy atom. The molecule has 1 heterocycles. The highest BCUT2D eigenvalue weighted by molar-refractivity contribution is 5.18. The maximum absolute atomic E-state index is 9.26. The Morgan fingerprint density at radius 1 is 1.32 bits per heavy atom. The number of hydrogen-bond donors (Lipinski definition) is 1. The van der Waals surface area contributed by atoms with Gasteiger partial charge < -0.3 is 9.67 Å². The number of aliphatic hydroxyl groups excluding tert-OH is 1. The smallest absolute Gasteiger partial charge is 0.0946 e. The van der Waals surface area contributed by atoms with Crippen molar-refractivity contribution in [3.05, 3.63) is 54.6 Å².